The molecule has 3 N–H and O–H groups in total. The van der Waals surface area contributed by atoms with Crippen LogP contribution in [0.15, 0.2) is 12.4 Å². The van der Waals surface area contributed by atoms with Gasteiger partial charge in [0, 0.05) is 20.0 Å². The largest absolute Gasteiger partial charge is 0.364 e. The average Bonchev–Trinajstić information content (AvgIpc) is 3.00. The van der Waals surface area contributed by atoms with Crippen molar-refractivity contribution in [2.75, 3.05) is 5.32 Å². The number of nitrogens with two attached hydrogens (primary N) is 1. The Labute approximate surface area is 130 Å². The molecule has 2 aromatic rings. The predicted molar refractivity (Wildman–Crippen MR) is 78.6 cm³/mol. The molecule has 0 unspecified atom stereocenters. The van der Waals surface area contributed by atoms with Crippen LogP contribution in [0.5, 0.6) is 0 Å². The van der Waals surface area contributed by atoms with Crippen LogP contribution in [0.25, 0.3) is 0 Å². The average molecular weight is 321 g/mol. The second kappa shape index (κ2) is 6.25. The number of rotatable bonds is 6. The summed E-state index contributed by atoms with van der Waals surface area (Å²) < 4.78 is 2.59. The quantitative estimate of drug-likeness (QED) is 0.562. The Hall–Kier alpha value is -3.24. The Morgan fingerprint density at radius 3 is 2.74 bits per heavy atom. The molecule has 0 aromatic carbocycles. The number of aromatic nitrogens is 4. The van der Waals surface area contributed by atoms with Gasteiger partial charge in [-0.15, -0.1) is 0 Å². The van der Waals surface area contributed by atoms with Crippen LogP contribution in [0.1, 0.15) is 22.6 Å². The van der Waals surface area contributed by atoms with Gasteiger partial charge in [-0.2, -0.15) is 10.2 Å². The fourth-order valence-corrected chi connectivity index (χ4v) is 2.05. The van der Waals surface area contributed by atoms with Crippen molar-refractivity contribution < 1.29 is 14.5 Å². The first kappa shape index (κ1) is 16.1. The second-order valence-electron chi connectivity index (χ2n) is 4.81. The molecule has 23 heavy (non-hydrogen) atoms. The van der Waals surface area contributed by atoms with Gasteiger partial charge in [0.15, 0.2) is 0 Å². The zero-order valence-corrected chi connectivity index (χ0v) is 12.5. The van der Waals surface area contributed by atoms with Crippen LogP contribution in [0.2, 0.25) is 0 Å². The number of primary amides is 1. The first-order chi connectivity index (χ1) is 10.8. The maximum Gasteiger partial charge on any atom is 0.309 e. The Kier molecular flexibility index (Phi) is 4.39. The van der Waals surface area contributed by atoms with E-state index in [1.165, 1.54) is 35.7 Å². The molecule has 0 atom stereocenters. The van der Waals surface area contributed by atoms with Crippen molar-refractivity contribution >= 4 is 23.2 Å². The molecule has 11 heteroatoms. The van der Waals surface area contributed by atoms with E-state index in [1.807, 2.05) is 0 Å². The summed E-state index contributed by atoms with van der Waals surface area (Å²) in [7, 11) is 1.53. The third kappa shape index (κ3) is 3.51. The van der Waals surface area contributed by atoms with Crippen molar-refractivity contribution in [1.82, 2.24) is 19.6 Å². The van der Waals surface area contributed by atoms with Gasteiger partial charge in [0.25, 0.3) is 5.91 Å². The molecule has 0 radical (unpaired) electrons. The van der Waals surface area contributed by atoms with Gasteiger partial charge >= 0.3 is 5.69 Å². The van der Waals surface area contributed by atoms with Crippen LogP contribution in [-0.4, -0.2) is 36.3 Å². The Balaban J connectivity index is 2.00. The molecule has 0 aliphatic rings. The Morgan fingerprint density at radius 2 is 2.17 bits per heavy atom. The lowest BCUT2D eigenvalue weighted by molar-refractivity contribution is -0.385. The van der Waals surface area contributed by atoms with Crippen LogP contribution in [-0.2, 0) is 18.4 Å². The molecular weight excluding hydrogens is 306 g/mol. The SMILES string of the molecule is Cc1nn(CCC(=O)Nc2cnn(C)c2C(N)=O)cc1[N+](=O)[O-]. The molecular formula is C12H15N7O4. The van der Waals surface area contributed by atoms with Crippen LogP contribution < -0.4 is 11.1 Å². The van der Waals surface area contributed by atoms with E-state index in [4.69, 9.17) is 5.73 Å². The van der Waals surface area contributed by atoms with E-state index in [1.54, 1.807) is 0 Å². The van der Waals surface area contributed by atoms with Crippen LogP contribution in [0.3, 0.4) is 0 Å². The van der Waals surface area contributed by atoms with Gasteiger partial charge in [-0.25, -0.2) is 0 Å². The molecule has 0 saturated carbocycles. The maximum atomic E-state index is 11.9. The summed E-state index contributed by atoms with van der Waals surface area (Å²) in [6.45, 7) is 1.68. The summed E-state index contributed by atoms with van der Waals surface area (Å²) in [4.78, 5) is 33.4. The van der Waals surface area contributed by atoms with Gasteiger partial charge in [-0.05, 0) is 6.92 Å². The van der Waals surface area contributed by atoms with Crippen molar-refractivity contribution in [3.8, 4) is 0 Å². The predicted octanol–water partition coefficient (Wildman–Crippen LogP) is -0.0391. The van der Waals surface area contributed by atoms with Crippen molar-refractivity contribution in [1.29, 1.82) is 0 Å². The summed E-state index contributed by atoms with van der Waals surface area (Å²) in [6, 6.07) is 0. The van der Waals surface area contributed by atoms with E-state index < -0.39 is 16.7 Å². The molecule has 2 amide bonds. The van der Waals surface area contributed by atoms with Crippen molar-refractivity contribution in [2.45, 2.75) is 19.9 Å². The topological polar surface area (TPSA) is 151 Å². The van der Waals surface area contributed by atoms with E-state index in [0.717, 1.165) is 0 Å². The molecule has 2 aromatic heterocycles. The fourth-order valence-electron chi connectivity index (χ4n) is 2.05. The van der Waals surface area contributed by atoms with E-state index in [2.05, 4.69) is 15.5 Å². The van der Waals surface area contributed by atoms with Gasteiger partial charge in [-0.1, -0.05) is 0 Å². The van der Waals surface area contributed by atoms with Gasteiger partial charge < -0.3 is 11.1 Å². The number of carbonyl (C=O) groups is 2. The number of nitrogens with one attached hydrogen (secondary N) is 1. The fraction of sp³-hybridized carbons (Fsp3) is 0.333. The molecule has 0 spiro atoms. The number of carbonyl (C=O) groups excluding carboxylic acids is 2. The maximum absolute atomic E-state index is 11.9. The summed E-state index contributed by atoms with van der Waals surface area (Å²) in [5, 5.41) is 21.1. The number of anilines is 1. The monoisotopic (exact) mass is 321 g/mol. The van der Waals surface area contributed by atoms with Crippen LogP contribution in [0.4, 0.5) is 11.4 Å². The third-order valence-corrected chi connectivity index (χ3v) is 3.13. The summed E-state index contributed by atoms with van der Waals surface area (Å²) in [6.07, 6.45) is 2.60. The van der Waals surface area contributed by atoms with Crippen molar-refractivity contribution in [3.05, 3.63) is 33.9 Å². The first-order valence-corrected chi connectivity index (χ1v) is 6.59. The number of amides is 2. The number of nitrogens with zero attached hydrogens (tertiary/aromatic N) is 5. The van der Waals surface area contributed by atoms with Crippen LogP contribution in [0, 0.1) is 17.0 Å². The minimum absolute atomic E-state index is 0.0192. The van der Waals surface area contributed by atoms with E-state index >= 15 is 0 Å². The van der Waals surface area contributed by atoms with Gasteiger partial charge in [0.1, 0.15) is 17.6 Å². The Morgan fingerprint density at radius 1 is 1.48 bits per heavy atom. The second-order valence-corrected chi connectivity index (χ2v) is 4.81. The molecule has 11 nitrogen and oxygen atoms in total. The van der Waals surface area contributed by atoms with Crippen molar-refractivity contribution in [3.63, 3.8) is 0 Å². The van der Waals surface area contributed by atoms with Crippen LogP contribution >= 0.6 is 0 Å². The van der Waals surface area contributed by atoms with E-state index in [9.17, 15) is 19.7 Å². The minimum Gasteiger partial charge on any atom is -0.364 e. The Bertz CT molecular complexity index is 776. The highest BCUT2D eigenvalue weighted by atomic mass is 16.6. The van der Waals surface area contributed by atoms with E-state index in [0.29, 0.717) is 0 Å². The number of hydrogen-bond donors (Lipinski definition) is 2. The highest BCUT2D eigenvalue weighted by Gasteiger charge is 2.18. The third-order valence-electron chi connectivity index (χ3n) is 3.13. The zero-order valence-electron chi connectivity index (χ0n) is 12.5. The lowest BCUT2D eigenvalue weighted by Crippen LogP contribution is -2.20. The lowest BCUT2D eigenvalue weighted by atomic mass is 10.3. The van der Waals surface area contributed by atoms with Crippen molar-refractivity contribution in [2.24, 2.45) is 12.8 Å². The summed E-state index contributed by atoms with van der Waals surface area (Å²) in [5.41, 5.74) is 5.70. The molecule has 0 aliphatic heterocycles. The molecule has 0 fully saturated rings. The molecule has 0 saturated heterocycles. The number of aryl methyl sites for hydroxylation is 3. The number of hydrogen-bond acceptors (Lipinski definition) is 6. The highest BCUT2D eigenvalue weighted by molar-refractivity contribution is 6.01. The highest BCUT2D eigenvalue weighted by Crippen LogP contribution is 2.16. The molecule has 122 valence electrons. The summed E-state index contributed by atoms with van der Waals surface area (Å²) in [5.74, 6) is -1.10. The zero-order chi connectivity index (χ0) is 17.1. The molecule has 0 bridgehead atoms. The van der Waals surface area contributed by atoms with Gasteiger partial charge in [-0.3, -0.25) is 29.1 Å². The molecule has 2 rings (SSSR count). The van der Waals surface area contributed by atoms with E-state index in [-0.39, 0.29) is 35.7 Å². The van der Waals surface area contributed by atoms with Gasteiger partial charge in [0.05, 0.1) is 16.8 Å². The minimum atomic E-state index is -0.710. The van der Waals surface area contributed by atoms with Gasteiger partial charge in [0.2, 0.25) is 5.91 Å². The summed E-state index contributed by atoms with van der Waals surface area (Å²) >= 11 is 0. The molecule has 2 heterocycles. The smallest absolute Gasteiger partial charge is 0.309 e. The normalized spacial score (nSPS) is 10.5. The standard InChI is InChI=1S/C12H15N7O4/c1-7-9(19(22)23)6-18(16-7)4-3-10(20)15-8-5-14-17(2)11(8)12(13)21/h5-6H,3-4H2,1-2H3,(H2,13,21)(H,15,20). The lowest BCUT2D eigenvalue weighted by Gasteiger charge is -2.05. The number of nitro groups is 1. The molecule has 0 aliphatic carbocycles. The first-order valence-electron chi connectivity index (χ1n) is 6.59.